The summed E-state index contributed by atoms with van der Waals surface area (Å²) in [5.74, 6) is 1.06. The molecule has 0 aliphatic carbocycles. The van der Waals surface area contributed by atoms with E-state index in [9.17, 15) is 9.90 Å². The molecule has 1 aliphatic heterocycles. The number of likely N-dealkylation sites (tertiary alicyclic amines) is 1. The number of phenolic OH excluding ortho intramolecular Hbond substituents is 1. The van der Waals surface area contributed by atoms with Crippen molar-refractivity contribution in [3.8, 4) is 11.5 Å². The van der Waals surface area contributed by atoms with Crippen LogP contribution in [0.3, 0.4) is 0 Å². The van der Waals surface area contributed by atoms with Crippen molar-refractivity contribution in [3.05, 3.63) is 42.2 Å². The van der Waals surface area contributed by atoms with Crippen LogP contribution in [0, 0.1) is 5.92 Å². The lowest BCUT2D eigenvalue weighted by Crippen LogP contribution is -2.44. The molecule has 2 heterocycles. The molecule has 3 rings (SSSR count). The van der Waals surface area contributed by atoms with Gasteiger partial charge in [-0.05, 0) is 42.5 Å². The summed E-state index contributed by atoms with van der Waals surface area (Å²) >= 11 is 0. The Bertz CT molecular complexity index is 694. The molecule has 134 valence electrons. The molecule has 0 atom stereocenters. The molecule has 25 heavy (non-hydrogen) atoms. The molecule has 2 amide bonds. The SMILES string of the molecule is COc1cc(CNC(=O)N2CCC(Cn3cccn3)CC2)ccc1O. The number of nitrogens with one attached hydrogen (secondary N) is 1. The number of rotatable bonds is 5. The second-order valence-corrected chi connectivity index (χ2v) is 6.32. The lowest BCUT2D eigenvalue weighted by molar-refractivity contribution is 0.164. The normalized spacial score (nSPS) is 15.2. The molecule has 7 nitrogen and oxygen atoms in total. The average molecular weight is 344 g/mol. The third-order valence-electron chi connectivity index (χ3n) is 4.59. The number of phenols is 1. The van der Waals surface area contributed by atoms with E-state index in [4.69, 9.17) is 4.74 Å². The van der Waals surface area contributed by atoms with Gasteiger partial charge in [0, 0.05) is 38.6 Å². The molecule has 1 aromatic carbocycles. The Morgan fingerprint density at radius 1 is 1.40 bits per heavy atom. The van der Waals surface area contributed by atoms with Crippen LogP contribution in [0.4, 0.5) is 4.79 Å². The number of aromatic nitrogens is 2. The highest BCUT2D eigenvalue weighted by molar-refractivity contribution is 5.74. The maximum absolute atomic E-state index is 12.3. The van der Waals surface area contributed by atoms with Crippen LogP contribution >= 0.6 is 0 Å². The van der Waals surface area contributed by atoms with Crippen LogP contribution < -0.4 is 10.1 Å². The lowest BCUT2D eigenvalue weighted by Gasteiger charge is -2.32. The summed E-state index contributed by atoms with van der Waals surface area (Å²) < 4.78 is 7.04. The zero-order valence-corrected chi connectivity index (χ0v) is 14.4. The number of hydrogen-bond donors (Lipinski definition) is 2. The van der Waals surface area contributed by atoms with Crippen LogP contribution in [-0.4, -0.2) is 46.0 Å². The van der Waals surface area contributed by atoms with Crippen molar-refractivity contribution in [2.24, 2.45) is 5.92 Å². The van der Waals surface area contributed by atoms with E-state index in [2.05, 4.69) is 10.4 Å². The molecule has 1 saturated heterocycles. The molecular weight excluding hydrogens is 320 g/mol. The Hall–Kier alpha value is -2.70. The summed E-state index contributed by atoms with van der Waals surface area (Å²) in [4.78, 5) is 14.2. The molecule has 0 spiro atoms. The number of aromatic hydroxyl groups is 1. The molecule has 1 aromatic heterocycles. The van der Waals surface area contributed by atoms with Gasteiger partial charge in [0.15, 0.2) is 11.5 Å². The van der Waals surface area contributed by atoms with Crippen molar-refractivity contribution in [2.45, 2.75) is 25.9 Å². The maximum atomic E-state index is 12.3. The third kappa shape index (κ3) is 4.43. The van der Waals surface area contributed by atoms with E-state index in [1.54, 1.807) is 24.4 Å². The van der Waals surface area contributed by atoms with Crippen molar-refractivity contribution in [1.82, 2.24) is 20.0 Å². The number of amides is 2. The number of nitrogens with zero attached hydrogens (tertiary/aromatic N) is 3. The van der Waals surface area contributed by atoms with Gasteiger partial charge in [0.25, 0.3) is 0 Å². The molecule has 0 bridgehead atoms. The molecular formula is C18H24N4O3. The van der Waals surface area contributed by atoms with Crippen LogP contribution in [0.2, 0.25) is 0 Å². The Morgan fingerprint density at radius 3 is 2.88 bits per heavy atom. The quantitative estimate of drug-likeness (QED) is 0.872. The largest absolute Gasteiger partial charge is 0.504 e. The molecule has 7 heteroatoms. The second-order valence-electron chi connectivity index (χ2n) is 6.32. The summed E-state index contributed by atoms with van der Waals surface area (Å²) in [6, 6.07) is 6.95. The zero-order valence-electron chi connectivity index (χ0n) is 14.4. The molecule has 0 radical (unpaired) electrons. The molecule has 1 fully saturated rings. The molecule has 1 aliphatic rings. The predicted molar refractivity (Wildman–Crippen MR) is 93.4 cm³/mol. The summed E-state index contributed by atoms with van der Waals surface area (Å²) in [6.07, 6.45) is 5.74. The summed E-state index contributed by atoms with van der Waals surface area (Å²) in [5.41, 5.74) is 0.886. The first kappa shape index (κ1) is 17.1. The Morgan fingerprint density at radius 2 is 2.20 bits per heavy atom. The number of piperidine rings is 1. The van der Waals surface area contributed by atoms with Gasteiger partial charge in [-0.1, -0.05) is 6.07 Å². The van der Waals surface area contributed by atoms with Crippen LogP contribution in [0.15, 0.2) is 36.7 Å². The first-order valence-corrected chi connectivity index (χ1v) is 8.52. The van der Waals surface area contributed by atoms with Gasteiger partial charge >= 0.3 is 6.03 Å². The smallest absolute Gasteiger partial charge is 0.317 e. The summed E-state index contributed by atoms with van der Waals surface area (Å²) in [7, 11) is 1.50. The minimum absolute atomic E-state index is 0.0513. The highest BCUT2D eigenvalue weighted by Crippen LogP contribution is 2.26. The van der Waals surface area contributed by atoms with Gasteiger partial charge in [0.1, 0.15) is 0 Å². The van der Waals surface area contributed by atoms with E-state index in [1.807, 2.05) is 21.8 Å². The predicted octanol–water partition coefficient (Wildman–Crippen LogP) is 2.22. The van der Waals surface area contributed by atoms with Gasteiger partial charge in [-0.15, -0.1) is 0 Å². The van der Waals surface area contributed by atoms with Gasteiger partial charge in [-0.25, -0.2) is 4.79 Å². The van der Waals surface area contributed by atoms with Gasteiger partial charge in [-0.2, -0.15) is 5.10 Å². The molecule has 0 unspecified atom stereocenters. The standard InChI is InChI=1S/C18H24N4O3/c1-25-17-11-15(3-4-16(17)23)12-19-18(24)21-9-5-14(6-10-21)13-22-8-2-7-20-22/h2-4,7-8,11,14,23H,5-6,9-10,12-13H2,1H3,(H,19,24). The Kier molecular flexibility index (Phi) is 5.42. The Balaban J connectivity index is 1.45. The van der Waals surface area contributed by atoms with Crippen molar-refractivity contribution in [3.63, 3.8) is 0 Å². The van der Waals surface area contributed by atoms with Crippen LogP contribution in [-0.2, 0) is 13.1 Å². The summed E-state index contributed by atoms with van der Waals surface area (Å²) in [5, 5.41) is 16.8. The molecule has 2 N–H and O–H groups in total. The number of carbonyl (C=O) groups is 1. The number of ether oxygens (including phenoxy) is 1. The van der Waals surface area contributed by atoms with Gasteiger partial charge in [0.05, 0.1) is 7.11 Å². The molecule has 2 aromatic rings. The monoisotopic (exact) mass is 344 g/mol. The first-order valence-electron chi connectivity index (χ1n) is 8.52. The maximum Gasteiger partial charge on any atom is 0.317 e. The number of hydrogen-bond acceptors (Lipinski definition) is 4. The summed E-state index contributed by atoms with van der Waals surface area (Å²) in [6.45, 7) is 2.84. The van der Waals surface area contributed by atoms with E-state index in [1.165, 1.54) is 7.11 Å². The van der Waals surface area contributed by atoms with Crippen molar-refractivity contribution in [1.29, 1.82) is 0 Å². The first-order chi connectivity index (χ1) is 12.2. The third-order valence-corrected chi connectivity index (χ3v) is 4.59. The van der Waals surface area contributed by atoms with E-state index >= 15 is 0 Å². The topological polar surface area (TPSA) is 79.6 Å². The fraction of sp³-hybridized carbons (Fsp3) is 0.444. The van der Waals surface area contributed by atoms with Crippen molar-refractivity contribution >= 4 is 6.03 Å². The molecule has 0 saturated carbocycles. The number of methoxy groups -OCH3 is 1. The van der Waals surface area contributed by atoms with Crippen LogP contribution in [0.25, 0.3) is 0 Å². The van der Waals surface area contributed by atoms with Crippen LogP contribution in [0.5, 0.6) is 11.5 Å². The van der Waals surface area contributed by atoms with Gasteiger partial charge in [-0.3, -0.25) is 4.68 Å². The minimum Gasteiger partial charge on any atom is -0.504 e. The number of benzene rings is 1. The van der Waals surface area contributed by atoms with E-state index in [0.717, 1.165) is 38.0 Å². The fourth-order valence-corrected chi connectivity index (χ4v) is 3.11. The van der Waals surface area contributed by atoms with E-state index in [-0.39, 0.29) is 11.8 Å². The van der Waals surface area contributed by atoms with E-state index in [0.29, 0.717) is 18.2 Å². The lowest BCUT2D eigenvalue weighted by atomic mass is 9.97. The van der Waals surface area contributed by atoms with Gasteiger partial charge < -0.3 is 20.1 Å². The average Bonchev–Trinajstić information content (AvgIpc) is 3.14. The number of carbonyl (C=O) groups excluding carboxylic acids is 1. The second kappa shape index (κ2) is 7.92. The highest BCUT2D eigenvalue weighted by atomic mass is 16.5. The zero-order chi connectivity index (χ0) is 17.6. The van der Waals surface area contributed by atoms with Crippen LogP contribution in [0.1, 0.15) is 18.4 Å². The highest BCUT2D eigenvalue weighted by Gasteiger charge is 2.23. The Labute approximate surface area is 147 Å². The van der Waals surface area contributed by atoms with Crippen molar-refractivity contribution < 1.29 is 14.6 Å². The number of urea groups is 1. The van der Waals surface area contributed by atoms with E-state index < -0.39 is 0 Å². The van der Waals surface area contributed by atoms with Crippen molar-refractivity contribution in [2.75, 3.05) is 20.2 Å². The van der Waals surface area contributed by atoms with Gasteiger partial charge in [0.2, 0.25) is 0 Å². The minimum atomic E-state index is -0.0513. The fourth-order valence-electron chi connectivity index (χ4n) is 3.11.